The SMILES string of the molecule is CC(NCCn1cccn1)C(=O)NCc1ccccc1Cl. The molecule has 0 bridgehead atoms. The summed E-state index contributed by atoms with van der Waals surface area (Å²) in [5, 5.41) is 10.8. The molecule has 1 unspecified atom stereocenters. The molecule has 0 aliphatic heterocycles. The van der Waals surface area contributed by atoms with Gasteiger partial charge in [-0.2, -0.15) is 5.10 Å². The fourth-order valence-corrected chi connectivity index (χ4v) is 2.10. The quantitative estimate of drug-likeness (QED) is 0.820. The largest absolute Gasteiger partial charge is 0.351 e. The van der Waals surface area contributed by atoms with E-state index in [9.17, 15) is 4.79 Å². The van der Waals surface area contributed by atoms with Crippen LogP contribution in [0, 0.1) is 0 Å². The lowest BCUT2D eigenvalue weighted by Crippen LogP contribution is -2.43. The van der Waals surface area contributed by atoms with Crippen LogP contribution in [0.4, 0.5) is 0 Å². The summed E-state index contributed by atoms with van der Waals surface area (Å²) in [6, 6.07) is 9.10. The highest BCUT2D eigenvalue weighted by atomic mass is 35.5. The molecule has 2 aromatic rings. The van der Waals surface area contributed by atoms with Crippen molar-refractivity contribution in [2.45, 2.75) is 26.1 Å². The summed E-state index contributed by atoms with van der Waals surface area (Å²) in [7, 11) is 0. The van der Waals surface area contributed by atoms with Crippen molar-refractivity contribution in [3.05, 3.63) is 53.3 Å². The van der Waals surface area contributed by atoms with Gasteiger partial charge in [0, 0.05) is 30.5 Å². The minimum atomic E-state index is -0.261. The maximum absolute atomic E-state index is 12.0. The molecule has 1 heterocycles. The van der Waals surface area contributed by atoms with Gasteiger partial charge >= 0.3 is 0 Å². The van der Waals surface area contributed by atoms with Crippen molar-refractivity contribution in [3.8, 4) is 0 Å². The summed E-state index contributed by atoms with van der Waals surface area (Å²) in [5.74, 6) is -0.0459. The maximum Gasteiger partial charge on any atom is 0.237 e. The average Bonchev–Trinajstić information content (AvgIpc) is 2.99. The highest BCUT2D eigenvalue weighted by molar-refractivity contribution is 6.31. The molecule has 0 saturated heterocycles. The van der Waals surface area contributed by atoms with Crippen LogP contribution in [0.25, 0.3) is 0 Å². The molecule has 0 spiro atoms. The second kappa shape index (κ2) is 7.81. The molecule has 0 saturated carbocycles. The molecule has 112 valence electrons. The van der Waals surface area contributed by atoms with Crippen LogP contribution in [0.3, 0.4) is 0 Å². The van der Waals surface area contributed by atoms with Gasteiger partial charge in [-0.1, -0.05) is 29.8 Å². The number of hydrogen-bond acceptors (Lipinski definition) is 3. The molecule has 6 heteroatoms. The van der Waals surface area contributed by atoms with Crippen molar-refractivity contribution < 1.29 is 4.79 Å². The Morgan fingerprint density at radius 2 is 2.19 bits per heavy atom. The minimum Gasteiger partial charge on any atom is -0.351 e. The number of nitrogens with one attached hydrogen (secondary N) is 2. The van der Waals surface area contributed by atoms with Gasteiger partial charge in [0.15, 0.2) is 0 Å². The van der Waals surface area contributed by atoms with Crippen molar-refractivity contribution in [1.29, 1.82) is 0 Å². The van der Waals surface area contributed by atoms with Crippen molar-refractivity contribution >= 4 is 17.5 Å². The Morgan fingerprint density at radius 3 is 2.90 bits per heavy atom. The highest BCUT2D eigenvalue weighted by Crippen LogP contribution is 2.14. The Labute approximate surface area is 129 Å². The fraction of sp³-hybridized carbons (Fsp3) is 0.333. The molecule has 1 aromatic carbocycles. The van der Waals surface area contributed by atoms with E-state index in [1.165, 1.54) is 0 Å². The average molecular weight is 307 g/mol. The van der Waals surface area contributed by atoms with Gasteiger partial charge in [0.25, 0.3) is 0 Å². The van der Waals surface area contributed by atoms with Crippen molar-refractivity contribution in [2.75, 3.05) is 6.54 Å². The zero-order chi connectivity index (χ0) is 15.1. The number of hydrogen-bond donors (Lipinski definition) is 2. The number of aromatic nitrogens is 2. The van der Waals surface area contributed by atoms with Crippen LogP contribution in [0.1, 0.15) is 12.5 Å². The summed E-state index contributed by atoms with van der Waals surface area (Å²) in [6.45, 7) is 3.69. The lowest BCUT2D eigenvalue weighted by Gasteiger charge is -2.14. The Hall–Kier alpha value is -1.85. The number of carbonyl (C=O) groups excluding carboxylic acids is 1. The van der Waals surface area contributed by atoms with E-state index in [4.69, 9.17) is 11.6 Å². The third kappa shape index (κ3) is 4.88. The molecule has 21 heavy (non-hydrogen) atoms. The Kier molecular flexibility index (Phi) is 5.78. The fourth-order valence-electron chi connectivity index (χ4n) is 1.90. The predicted molar refractivity (Wildman–Crippen MR) is 83.0 cm³/mol. The van der Waals surface area contributed by atoms with Gasteiger partial charge in [0.2, 0.25) is 5.91 Å². The molecule has 1 amide bonds. The standard InChI is InChI=1S/C15H19ClN4O/c1-12(17-8-10-20-9-4-7-19-20)15(21)18-11-13-5-2-3-6-14(13)16/h2-7,9,12,17H,8,10-11H2,1H3,(H,18,21). The molecule has 2 N–H and O–H groups in total. The Bertz CT molecular complexity index is 571. The van der Waals surface area contributed by atoms with E-state index in [2.05, 4.69) is 15.7 Å². The van der Waals surface area contributed by atoms with Gasteiger partial charge in [-0.3, -0.25) is 9.48 Å². The first-order valence-corrected chi connectivity index (χ1v) is 7.26. The monoisotopic (exact) mass is 306 g/mol. The lowest BCUT2D eigenvalue weighted by molar-refractivity contribution is -0.122. The molecule has 1 aromatic heterocycles. The summed E-state index contributed by atoms with van der Waals surface area (Å²) in [5.41, 5.74) is 0.913. The van der Waals surface area contributed by atoms with Crippen LogP contribution in [-0.2, 0) is 17.9 Å². The topological polar surface area (TPSA) is 59.0 Å². The smallest absolute Gasteiger partial charge is 0.237 e. The van der Waals surface area contributed by atoms with Crippen molar-refractivity contribution in [1.82, 2.24) is 20.4 Å². The van der Waals surface area contributed by atoms with E-state index < -0.39 is 0 Å². The third-order valence-electron chi connectivity index (χ3n) is 3.15. The maximum atomic E-state index is 12.0. The molecule has 1 atom stereocenters. The van der Waals surface area contributed by atoms with E-state index in [0.717, 1.165) is 12.1 Å². The normalized spacial score (nSPS) is 12.1. The van der Waals surface area contributed by atoms with Crippen LogP contribution in [-0.4, -0.2) is 28.3 Å². The van der Waals surface area contributed by atoms with E-state index >= 15 is 0 Å². The predicted octanol–water partition coefficient (Wildman–Crippen LogP) is 1.83. The zero-order valence-corrected chi connectivity index (χ0v) is 12.7. The van der Waals surface area contributed by atoms with Crippen LogP contribution >= 0.6 is 11.6 Å². The minimum absolute atomic E-state index is 0.0459. The van der Waals surface area contributed by atoms with E-state index in [1.807, 2.05) is 48.1 Å². The number of halogens is 1. The number of rotatable bonds is 7. The van der Waals surface area contributed by atoms with E-state index in [0.29, 0.717) is 18.1 Å². The molecule has 2 rings (SSSR count). The Balaban J connectivity index is 1.71. The van der Waals surface area contributed by atoms with Crippen LogP contribution in [0.5, 0.6) is 0 Å². The summed E-state index contributed by atoms with van der Waals surface area (Å²) >= 11 is 6.05. The second-order valence-electron chi connectivity index (χ2n) is 4.75. The lowest BCUT2D eigenvalue weighted by atomic mass is 10.2. The molecule has 0 radical (unpaired) electrons. The second-order valence-corrected chi connectivity index (χ2v) is 5.16. The van der Waals surface area contributed by atoms with Gasteiger partial charge in [-0.05, 0) is 24.6 Å². The van der Waals surface area contributed by atoms with Gasteiger partial charge < -0.3 is 10.6 Å². The molecule has 0 aliphatic rings. The summed E-state index contributed by atoms with van der Waals surface area (Å²) in [6.07, 6.45) is 3.63. The first-order valence-electron chi connectivity index (χ1n) is 6.89. The Morgan fingerprint density at radius 1 is 1.38 bits per heavy atom. The van der Waals surface area contributed by atoms with Gasteiger partial charge in [0.05, 0.1) is 12.6 Å². The van der Waals surface area contributed by atoms with Crippen molar-refractivity contribution in [3.63, 3.8) is 0 Å². The van der Waals surface area contributed by atoms with Gasteiger partial charge in [-0.25, -0.2) is 0 Å². The molecular weight excluding hydrogens is 288 g/mol. The first-order chi connectivity index (χ1) is 10.2. The van der Waals surface area contributed by atoms with Gasteiger partial charge in [-0.15, -0.1) is 0 Å². The highest BCUT2D eigenvalue weighted by Gasteiger charge is 2.11. The van der Waals surface area contributed by atoms with Crippen LogP contribution in [0.15, 0.2) is 42.7 Å². The summed E-state index contributed by atoms with van der Waals surface area (Å²) in [4.78, 5) is 12.0. The number of amides is 1. The van der Waals surface area contributed by atoms with Crippen LogP contribution < -0.4 is 10.6 Å². The number of nitrogens with zero attached hydrogens (tertiary/aromatic N) is 2. The summed E-state index contributed by atoms with van der Waals surface area (Å²) < 4.78 is 1.82. The molecule has 5 nitrogen and oxygen atoms in total. The molecule has 0 fully saturated rings. The van der Waals surface area contributed by atoms with E-state index in [1.54, 1.807) is 6.20 Å². The van der Waals surface area contributed by atoms with Crippen molar-refractivity contribution in [2.24, 2.45) is 0 Å². The molecular formula is C15H19ClN4O. The first kappa shape index (κ1) is 15.5. The van der Waals surface area contributed by atoms with Gasteiger partial charge in [0.1, 0.15) is 0 Å². The van der Waals surface area contributed by atoms with E-state index in [-0.39, 0.29) is 11.9 Å². The molecule has 0 aliphatic carbocycles. The number of carbonyl (C=O) groups is 1. The third-order valence-corrected chi connectivity index (χ3v) is 3.52. The number of benzene rings is 1. The van der Waals surface area contributed by atoms with Crippen LogP contribution in [0.2, 0.25) is 5.02 Å². The zero-order valence-electron chi connectivity index (χ0n) is 11.9.